The van der Waals surface area contributed by atoms with E-state index in [0.717, 1.165) is 22.5 Å². The number of aryl methyl sites for hydroxylation is 1. The summed E-state index contributed by atoms with van der Waals surface area (Å²) in [5, 5.41) is 14.2. The van der Waals surface area contributed by atoms with Crippen LogP contribution >= 0.6 is 0 Å². The number of nitrogens with one attached hydrogen (secondary N) is 2. The van der Waals surface area contributed by atoms with Gasteiger partial charge in [0.05, 0.1) is 22.0 Å². The minimum Gasteiger partial charge on any atom is -0.369 e. The van der Waals surface area contributed by atoms with Crippen LogP contribution in [0.4, 0.5) is 23.0 Å². The molecule has 1 atom stereocenters. The van der Waals surface area contributed by atoms with Crippen molar-refractivity contribution in [1.82, 2.24) is 9.97 Å². The summed E-state index contributed by atoms with van der Waals surface area (Å²) in [5.74, 6) is -0.719. The fourth-order valence-electron chi connectivity index (χ4n) is 4.14. The number of rotatable bonds is 5. The molecule has 34 heavy (non-hydrogen) atoms. The Morgan fingerprint density at radius 1 is 1.09 bits per heavy atom. The molecule has 1 aliphatic rings. The van der Waals surface area contributed by atoms with Crippen LogP contribution < -0.4 is 11.1 Å². The van der Waals surface area contributed by atoms with Crippen LogP contribution in [0, 0.1) is 17.0 Å². The van der Waals surface area contributed by atoms with Crippen molar-refractivity contribution in [2.24, 2.45) is 4.99 Å². The molecule has 2 heterocycles. The SMILES string of the molecule is Cc1[nH]c(N)nc1-c1ccc(N=C(c2ccccc2)C2C(=O)Nc3ccc([N+](=O)[O-])cc32)cc1. The van der Waals surface area contributed by atoms with Crippen molar-refractivity contribution < 1.29 is 9.72 Å². The number of nitro groups is 1. The van der Waals surface area contributed by atoms with Crippen molar-refractivity contribution in [3.05, 3.63) is 99.7 Å². The van der Waals surface area contributed by atoms with Crippen LogP contribution in [-0.4, -0.2) is 26.5 Å². The topological polar surface area (TPSA) is 139 Å². The lowest BCUT2D eigenvalue weighted by atomic mass is 9.90. The molecule has 0 bridgehead atoms. The monoisotopic (exact) mass is 452 g/mol. The Morgan fingerprint density at radius 3 is 2.47 bits per heavy atom. The first-order chi connectivity index (χ1) is 16.4. The summed E-state index contributed by atoms with van der Waals surface area (Å²) < 4.78 is 0. The van der Waals surface area contributed by atoms with Crippen LogP contribution in [0.15, 0.2) is 77.8 Å². The molecule has 0 saturated heterocycles. The van der Waals surface area contributed by atoms with Crippen molar-refractivity contribution in [2.45, 2.75) is 12.8 Å². The van der Waals surface area contributed by atoms with Crippen LogP contribution in [0.1, 0.15) is 22.7 Å². The first-order valence-corrected chi connectivity index (χ1v) is 10.6. The Kier molecular flexibility index (Phi) is 5.14. The van der Waals surface area contributed by atoms with E-state index < -0.39 is 10.8 Å². The number of nitrogen functional groups attached to an aromatic ring is 1. The van der Waals surface area contributed by atoms with E-state index in [2.05, 4.69) is 15.3 Å². The average molecular weight is 452 g/mol. The second kappa shape index (κ2) is 8.28. The van der Waals surface area contributed by atoms with Gasteiger partial charge in [0.25, 0.3) is 5.69 Å². The molecule has 0 spiro atoms. The highest BCUT2D eigenvalue weighted by atomic mass is 16.6. The quantitative estimate of drug-likeness (QED) is 0.228. The number of benzene rings is 3. The Hall–Kier alpha value is -4.79. The highest BCUT2D eigenvalue weighted by Crippen LogP contribution is 2.38. The van der Waals surface area contributed by atoms with E-state index in [4.69, 9.17) is 10.7 Å². The van der Waals surface area contributed by atoms with Crippen molar-refractivity contribution in [3.8, 4) is 11.3 Å². The number of hydrogen-bond donors (Lipinski definition) is 3. The number of fused-ring (bicyclic) bond motifs is 1. The molecular formula is C25H20N6O3. The second-order valence-electron chi connectivity index (χ2n) is 7.96. The molecule has 1 aliphatic heterocycles. The number of hydrogen-bond acceptors (Lipinski definition) is 6. The zero-order chi connectivity index (χ0) is 23.8. The summed E-state index contributed by atoms with van der Waals surface area (Å²) in [6, 6.07) is 21.1. The highest BCUT2D eigenvalue weighted by molar-refractivity contribution is 6.24. The number of aromatic amines is 1. The summed E-state index contributed by atoms with van der Waals surface area (Å²) in [6.45, 7) is 1.90. The van der Waals surface area contributed by atoms with Gasteiger partial charge in [0.15, 0.2) is 5.95 Å². The van der Waals surface area contributed by atoms with Gasteiger partial charge in [0, 0.05) is 34.6 Å². The standard InChI is InChI=1S/C25H20N6O3/c1-14-22(30-25(26)27-14)16-7-9-17(10-8-16)28-23(15-5-3-2-4-6-15)21-19-13-18(31(33)34)11-12-20(19)29-24(21)32/h2-13,21H,1H3,(H,29,32)(H3,26,27,30). The van der Waals surface area contributed by atoms with E-state index in [1.165, 1.54) is 12.1 Å². The molecule has 0 aliphatic carbocycles. The Balaban J connectivity index is 1.60. The molecule has 0 radical (unpaired) electrons. The summed E-state index contributed by atoms with van der Waals surface area (Å²) in [5.41, 5.74) is 11.1. The predicted molar refractivity (Wildman–Crippen MR) is 130 cm³/mol. The van der Waals surface area contributed by atoms with Crippen molar-refractivity contribution in [1.29, 1.82) is 0 Å². The number of aromatic nitrogens is 2. The Morgan fingerprint density at radius 2 is 1.82 bits per heavy atom. The van der Waals surface area contributed by atoms with Crippen LogP contribution in [0.5, 0.6) is 0 Å². The fraction of sp³-hybridized carbons (Fsp3) is 0.0800. The number of H-pyrrole nitrogens is 1. The zero-order valence-electron chi connectivity index (χ0n) is 18.1. The molecule has 168 valence electrons. The van der Waals surface area contributed by atoms with Crippen molar-refractivity contribution >= 4 is 34.6 Å². The van der Waals surface area contributed by atoms with Gasteiger partial charge >= 0.3 is 0 Å². The average Bonchev–Trinajstić information content (AvgIpc) is 3.35. The number of nitro benzene ring substituents is 1. The van der Waals surface area contributed by atoms with E-state index in [-0.39, 0.29) is 11.6 Å². The molecule has 9 nitrogen and oxygen atoms in total. The molecule has 0 saturated carbocycles. The first kappa shape index (κ1) is 21.1. The summed E-state index contributed by atoms with van der Waals surface area (Å²) >= 11 is 0. The summed E-state index contributed by atoms with van der Waals surface area (Å²) in [4.78, 5) is 36.0. The van der Waals surface area contributed by atoms with E-state index in [1.807, 2.05) is 61.5 Å². The zero-order valence-corrected chi connectivity index (χ0v) is 18.1. The normalized spacial score (nSPS) is 15.1. The fourth-order valence-corrected chi connectivity index (χ4v) is 4.14. The van der Waals surface area contributed by atoms with Crippen molar-refractivity contribution in [2.75, 3.05) is 11.1 Å². The summed E-state index contributed by atoms with van der Waals surface area (Å²) in [6.07, 6.45) is 0. The molecule has 1 aromatic heterocycles. The van der Waals surface area contributed by atoms with Crippen LogP contribution in [0.2, 0.25) is 0 Å². The van der Waals surface area contributed by atoms with Gasteiger partial charge in [-0.25, -0.2) is 4.98 Å². The van der Waals surface area contributed by atoms with E-state index in [1.54, 1.807) is 6.07 Å². The molecule has 0 fully saturated rings. The van der Waals surface area contributed by atoms with E-state index in [0.29, 0.717) is 28.6 Å². The van der Waals surface area contributed by atoms with Crippen LogP contribution in [0.25, 0.3) is 11.3 Å². The van der Waals surface area contributed by atoms with Crippen molar-refractivity contribution in [3.63, 3.8) is 0 Å². The lowest BCUT2D eigenvalue weighted by molar-refractivity contribution is -0.384. The largest absolute Gasteiger partial charge is 0.369 e. The molecule has 4 aromatic rings. The molecule has 4 N–H and O–H groups in total. The van der Waals surface area contributed by atoms with Gasteiger partial charge in [-0.1, -0.05) is 42.5 Å². The number of anilines is 2. The van der Waals surface area contributed by atoms with Gasteiger partial charge in [-0.2, -0.15) is 0 Å². The molecule has 5 rings (SSSR count). The van der Waals surface area contributed by atoms with Gasteiger partial charge in [-0.3, -0.25) is 19.9 Å². The van der Waals surface area contributed by atoms with Gasteiger partial charge in [-0.05, 0) is 30.7 Å². The lowest BCUT2D eigenvalue weighted by Gasteiger charge is -2.14. The maximum Gasteiger partial charge on any atom is 0.269 e. The van der Waals surface area contributed by atoms with Gasteiger partial charge in [0.2, 0.25) is 5.91 Å². The number of carbonyl (C=O) groups excluding carboxylic acids is 1. The molecule has 1 amide bonds. The number of amides is 1. The third-order valence-corrected chi connectivity index (χ3v) is 5.71. The number of aliphatic imine (C=N–C) groups is 1. The number of imidazole rings is 1. The maximum atomic E-state index is 13.0. The molecular weight excluding hydrogens is 432 g/mol. The first-order valence-electron chi connectivity index (χ1n) is 10.6. The lowest BCUT2D eigenvalue weighted by Crippen LogP contribution is -2.22. The Bertz CT molecular complexity index is 1440. The van der Waals surface area contributed by atoms with Crippen LogP contribution in [0.3, 0.4) is 0 Å². The molecule has 1 unspecified atom stereocenters. The van der Waals surface area contributed by atoms with Gasteiger partial charge in [-0.15, -0.1) is 0 Å². The number of carbonyl (C=O) groups is 1. The highest BCUT2D eigenvalue weighted by Gasteiger charge is 2.36. The smallest absolute Gasteiger partial charge is 0.269 e. The second-order valence-corrected chi connectivity index (χ2v) is 7.96. The predicted octanol–water partition coefficient (Wildman–Crippen LogP) is 4.73. The van der Waals surface area contributed by atoms with Crippen LogP contribution in [-0.2, 0) is 4.79 Å². The third kappa shape index (κ3) is 3.79. The Labute approximate surface area is 194 Å². The number of nitrogens with zero attached hydrogens (tertiary/aromatic N) is 3. The molecule has 3 aromatic carbocycles. The number of non-ortho nitro benzene ring substituents is 1. The minimum atomic E-state index is -0.787. The third-order valence-electron chi connectivity index (χ3n) is 5.71. The van der Waals surface area contributed by atoms with E-state index in [9.17, 15) is 14.9 Å². The van der Waals surface area contributed by atoms with Gasteiger partial charge < -0.3 is 16.0 Å². The van der Waals surface area contributed by atoms with E-state index >= 15 is 0 Å². The van der Waals surface area contributed by atoms with Gasteiger partial charge in [0.1, 0.15) is 5.92 Å². The maximum absolute atomic E-state index is 13.0. The number of nitrogens with two attached hydrogens (primary N) is 1. The summed E-state index contributed by atoms with van der Waals surface area (Å²) in [7, 11) is 0. The minimum absolute atomic E-state index is 0.0781. The molecule has 9 heteroatoms.